The van der Waals surface area contributed by atoms with E-state index in [1.807, 2.05) is 6.92 Å². The van der Waals surface area contributed by atoms with Crippen molar-refractivity contribution in [3.63, 3.8) is 0 Å². The van der Waals surface area contributed by atoms with Crippen LogP contribution in [0.4, 0.5) is 4.39 Å². The van der Waals surface area contributed by atoms with Gasteiger partial charge < -0.3 is 0 Å². The van der Waals surface area contributed by atoms with Crippen molar-refractivity contribution in [1.29, 1.82) is 0 Å². The fourth-order valence-electron chi connectivity index (χ4n) is 1.80. The Morgan fingerprint density at radius 2 is 1.94 bits per heavy atom. The second-order valence-corrected chi connectivity index (χ2v) is 4.29. The summed E-state index contributed by atoms with van der Waals surface area (Å²) in [6.45, 7) is 6.00. The minimum absolute atomic E-state index is 0.0742. The first kappa shape index (κ1) is 12.9. The van der Waals surface area contributed by atoms with E-state index in [4.69, 9.17) is 0 Å². The molecule has 0 spiro atoms. The number of carbonyl (C=O) groups excluding carboxylic acids is 1. The van der Waals surface area contributed by atoms with Gasteiger partial charge in [0.05, 0.1) is 5.56 Å². The van der Waals surface area contributed by atoms with E-state index in [1.54, 1.807) is 12.1 Å². The van der Waals surface area contributed by atoms with Crippen LogP contribution in [-0.2, 0) is 0 Å². The van der Waals surface area contributed by atoms with Crippen LogP contribution in [0.5, 0.6) is 0 Å². The Kier molecular flexibility index (Phi) is 4.66. The summed E-state index contributed by atoms with van der Waals surface area (Å²) in [5.74, 6) is -0.108. The summed E-state index contributed by atoms with van der Waals surface area (Å²) in [6.07, 6.45) is 2.39. The highest BCUT2D eigenvalue weighted by molar-refractivity contribution is 5.96. The van der Waals surface area contributed by atoms with Crippen molar-refractivity contribution in [2.24, 2.45) is 5.92 Å². The summed E-state index contributed by atoms with van der Waals surface area (Å²) < 4.78 is 13.5. The smallest absolute Gasteiger partial charge is 0.166 e. The van der Waals surface area contributed by atoms with E-state index in [9.17, 15) is 9.18 Å². The van der Waals surface area contributed by atoms with Gasteiger partial charge in [-0.05, 0) is 25.0 Å². The monoisotopic (exact) mass is 222 g/mol. The van der Waals surface area contributed by atoms with Crippen LogP contribution in [0.25, 0.3) is 0 Å². The Bertz CT molecular complexity index is 367. The summed E-state index contributed by atoms with van der Waals surface area (Å²) in [4.78, 5) is 11.9. The molecule has 0 saturated carbocycles. The molecule has 1 nitrogen and oxygen atoms in total. The molecule has 0 saturated heterocycles. The molecule has 0 radical (unpaired) electrons. The Morgan fingerprint density at radius 1 is 1.31 bits per heavy atom. The molecule has 0 atom stereocenters. The first-order valence-corrected chi connectivity index (χ1v) is 5.87. The van der Waals surface area contributed by atoms with Crippen molar-refractivity contribution >= 4 is 5.78 Å². The summed E-state index contributed by atoms with van der Waals surface area (Å²) in [7, 11) is 0. The van der Waals surface area contributed by atoms with Crippen LogP contribution < -0.4 is 0 Å². The lowest BCUT2D eigenvalue weighted by Gasteiger charge is -2.11. The maximum Gasteiger partial charge on any atom is 0.166 e. The Balaban J connectivity index is 2.83. The van der Waals surface area contributed by atoms with Gasteiger partial charge in [0.2, 0.25) is 0 Å². The number of benzene rings is 1. The van der Waals surface area contributed by atoms with Crippen molar-refractivity contribution < 1.29 is 9.18 Å². The highest BCUT2D eigenvalue weighted by Gasteiger charge is 2.15. The van der Waals surface area contributed by atoms with Crippen LogP contribution in [0.15, 0.2) is 18.2 Å². The van der Waals surface area contributed by atoms with Gasteiger partial charge >= 0.3 is 0 Å². The van der Waals surface area contributed by atoms with Crippen molar-refractivity contribution in [3.05, 3.63) is 35.1 Å². The van der Waals surface area contributed by atoms with E-state index in [0.29, 0.717) is 12.3 Å². The molecule has 1 aromatic carbocycles. The van der Waals surface area contributed by atoms with Crippen LogP contribution in [0.1, 0.15) is 49.0 Å². The Morgan fingerprint density at radius 3 is 2.50 bits per heavy atom. The quantitative estimate of drug-likeness (QED) is 0.684. The van der Waals surface area contributed by atoms with Gasteiger partial charge in [0.25, 0.3) is 0 Å². The predicted molar refractivity (Wildman–Crippen MR) is 64.2 cm³/mol. The number of hydrogen-bond acceptors (Lipinski definition) is 1. The standard InChI is InChI=1S/C14H19FO/c1-4-11(5-2)9-14(16)12-8-10(3)6-7-13(12)15/h6-8,11H,4-5,9H2,1-3H3. The summed E-state index contributed by atoms with van der Waals surface area (Å²) in [5, 5.41) is 0. The average Bonchev–Trinajstić information content (AvgIpc) is 2.28. The molecule has 1 aromatic rings. The van der Waals surface area contributed by atoms with Crippen LogP contribution in [0, 0.1) is 18.7 Å². The fourth-order valence-corrected chi connectivity index (χ4v) is 1.80. The van der Waals surface area contributed by atoms with Gasteiger partial charge in [0.15, 0.2) is 5.78 Å². The molecule has 0 aliphatic carbocycles. The molecule has 0 aromatic heterocycles. The lowest BCUT2D eigenvalue weighted by Crippen LogP contribution is -2.09. The summed E-state index contributed by atoms with van der Waals surface area (Å²) >= 11 is 0. The molecule has 1 rings (SSSR count). The zero-order valence-corrected chi connectivity index (χ0v) is 10.2. The number of halogens is 1. The third-order valence-corrected chi connectivity index (χ3v) is 3.05. The summed E-state index contributed by atoms with van der Waals surface area (Å²) in [5.41, 5.74) is 1.17. The van der Waals surface area contributed by atoms with Gasteiger partial charge in [-0.1, -0.05) is 38.3 Å². The number of hydrogen-bond donors (Lipinski definition) is 0. The Labute approximate surface area is 96.7 Å². The molecule has 0 unspecified atom stereocenters. The number of ketones is 1. The van der Waals surface area contributed by atoms with Crippen molar-refractivity contribution in [2.75, 3.05) is 0 Å². The number of carbonyl (C=O) groups is 1. The van der Waals surface area contributed by atoms with E-state index >= 15 is 0 Å². The predicted octanol–water partition coefficient (Wildman–Crippen LogP) is 4.14. The SMILES string of the molecule is CCC(CC)CC(=O)c1cc(C)ccc1F. The lowest BCUT2D eigenvalue weighted by atomic mass is 9.93. The molecule has 2 heteroatoms. The third-order valence-electron chi connectivity index (χ3n) is 3.05. The van der Waals surface area contributed by atoms with Gasteiger partial charge in [-0.25, -0.2) is 4.39 Å². The summed E-state index contributed by atoms with van der Waals surface area (Å²) in [6, 6.07) is 4.69. The molecule has 0 bridgehead atoms. The van der Waals surface area contributed by atoms with Gasteiger partial charge in [-0.3, -0.25) is 4.79 Å². The second-order valence-electron chi connectivity index (χ2n) is 4.29. The second kappa shape index (κ2) is 5.78. The third kappa shape index (κ3) is 3.16. The number of Topliss-reactive ketones (excluding diaryl/α,β-unsaturated/α-hetero) is 1. The molecule has 88 valence electrons. The van der Waals surface area contributed by atoms with Gasteiger partial charge in [-0.2, -0.15) is 0 Å². The molecule has 0 amide bonds. The number of rotatable bonds is 5. The molecule has 0 aliphatic heterocycles. The Hall–Kier alpha value is -1.18. The van der Waals surface area contributed by atoms with Crippen LogP contribution >= 0.6 is 0 Å². The minimum atomic E-state index is -0.401. The molecule has 16 heavy (non-hydrogen) atoms. The lowest BCUT2D eigenvalue weighted by molar-refractivity contribution is 0.0954. The first-order valence-electron chi connectivity index (χ1n) is 5.87. The molecule has 0 fully saturated rings. The maximum absolute atomic E-state index is 13.5. The molecular formula is C14H19FO. The molecular weight excluding hydrogens is 203 g/mol. The highest BCUT2D eigenvalue weighted by Crippen LogP contribution is 2.19. The molecule has 0 N–H and O–H groups in total. The van der Waals surface area contributed by atoms with E-state index in [-0.39, 0.29) is 11.3 Å². The van der Waals surface area contributed by atoms with Crippen LogP contribution in [-0.4, -0.2) is 5.78 Å². The van der Waals surface area contributed by atoms with E-state index in [0.717, 1.165) is 18.4 Å². The zero-order valence-electron chi connectivity index (χ0n) is 10.2. The van der Waals surface area contributed by atoms with Gasteiger partial charge in [0, 0.05) is 6.42 Å². The number of aryl methyl sites for hydroxylation is 1. The van der Waals surface area contributed by atoms with E-state index in [2.05, 4.69) is 13.8 Å². The minimum Gasteiger partial charge on any atom is -0.294 e. The molecule has 0 aliphatic rings. The van der Waals surface area contributed by atoms with Crippen molar-refractivity contribution in [1.82, 2.24) is 0 Å². The zero-order chi connectivity index (χ0) is 12.1. The fraction of sp³-hybridized carbons (Fsp3) is 0.500. The van der Waals surface area contributed by atoms with Gasteiger partial charge in [-0.15, -0.1) is 0 Å². The maximum atomic E-state index is 13.5. The van der Waals surface area contributed by atoms with E-state index in [1.165, 1.54) is 6.07 Å². The van der Waals surface area contributed by atoms with E-state index < -0.39 is 5.82 Å². The average molecular weight is 222 g/mol. The first-order chi connectivity index (χ1) is 7.58. The van der Waals surface area contributed by atoms with Gasteiger partial charge in [0.1, 0.15) is 5.82 Å². The van der Waals surface area contributed by atoms with Crippen LogP contribution in [0.2, 0.25) is 0 Å². The van der Waals surface area contributed by atoms with Crippen LogP contribution in [0.3, 0.4) is 0 Å². The highest BCUT2D eigenvalue weighted by atomic mass is 19.1. The van der Waals surface area contributed by atoms with Crippen molar-refractivity contribution in [3.8, 4) is 0 Å². The normalized spacial score (nSPS) is 10.8. The molecule has 0 heterocycles. The topological polar surface area (TPSA) is 17.1 Å². The van der Waals surface area contributed by atoms with Crippen molar-refractivity contribution in [2.45, 2.75) is 40.0 Å². The largest absolute Gasteiger partial charge is 0.294 e.